The summed E-state index contributed by atoms with van der Waals surface area (Å²) in [4.78, 5) is 32.6. The number of halogens is 1. The van der Waals surface area contributed by atoms with Crippen LogP contribution in [0.3, 0.4) is 0 Å². The number of nitro benzene ring substituents is 1. The number of carboxylic acid groups (broad SMARTS) is 1. The van der Waals surface area contributed by atoms with E-state index in [1.54, 1.807) is 0 Å². The van der Waals surface area contributed by atoms with Gasteiger partial charge >= 0.3 is 5.97 Å². The number of nitrogens with one attached hydrogen (secondary N) is 1. The molecule has 0 atom stereocenters. The van der Waals surface area contributed by atoms with Crippen LogP contribution in [-0.4, -0.2) is 28.5 Å². The van der Waals surface area contributed by atoms with Crippen molar-refractivity contribution in [3.8, 4) is 5.75 Å². The highest BCUT2D eigenvalue weighted by Gasteiger charge is 2.15. The van der Waals surface area contributed by atoms with Gasteiger partial charge in [0.05, 0.1) is 15.5 Å². The van der Waals surface area contributed by atoms with E-state index in [1.807, 2.05) is 0 Å². The maximum absolute atomic E-state index is 12.1. The normalized spacial score (nSPS) is 10.0. The molecule has 8 nitrogen and oxygen atoms in total. The lowest BCUT2D eigenvalue weighted by atomic mass is 10.2. The molecule has 0 unspecified atom stereocenters. The summed E-state index contributed by atoms with van der Waals surface area (Å²) in [6.45, 7) is -0.468. The number of ether oxygens (including phenoxy) is 1. The van der Waals surface area contributed by atoms with Crippen LogP contribution in [0.15, 0.2) is 42.5 Å². The molecule has 2 rings (SSSR count). The molecular formula is C15H11ClN2O6. The van der Waals surface area contributed by atoms with Crippen molar-refractivity contribution in [1.82, 2.24) is 0 Å². The molecule has 0 heterocycles. The molecule has 0 aliphatic rings. The average molecular weight is 351 g/mol. The predicted molar refractivity (Wildman–Crippen MR) is 85.6 cm³/mol. The van der Waals surface area contributed by atoms with E-state index in [-0.39, 0.29) is 16.3 Å². The molecule has 0 fully saturated rings. The van der Waals surface area contributed by atoms with Crippen LogP contribution in [0.1, 0.15) is 10.4 Å². The van der Waals surface area contributed by atoms with Gasteiger partial charge in [-0.1, -0.05) is 11.6 Å². The van der Waals surface area contributed by atoms with Crippen molar-refractivity contribution in [1.29, 1.82) is 0 Å². The highest BCUT2D eigenvalue weighted by atomic mass is 35.5. The number of aliphatic carboxylic acids is 1. The lowest BCUT2D eigenvalue weighted by Gasteiger charge is -2.08. The van der Waals surface area contributed by atoms with Gasteiger partial charge in [-0.15, -0.1) is 0 Å². The smallest absolute Gasteiger partial charge is 0.341 e. The number of carbonyl (C=O) groups is 2. The molecule has 0 radical (unpaired) electrons. The van der Waals surface area contributed by atoms with E-state index < -0.39 is 23.4 Å². The van der Waals surface area contributed by atoms with E-state index in [9.17, 15) is 19.7 Å². The maximum atomic E-state index is 12.1. The second kappa shape index (κ2) is 7.42. The number of nitrogens with zero attached hydrogens (tertiary/aromatic N) is 1. The van der Waals surface area contributed by atoms with Gasteiger partial charge in [-0.25, -0.2) is 4.79 Å². The van der Waals surface area contributed by atoms with Gasteiger partial charge in [0.2, 0.25) is 0 Å². The molecule has 124 valence electrons. The van der Waals surface area contributed by atoms with Gasteiger partial charge in [-0.3, -0.25) is 14.9 Å². The Morgan fingerprint density at radius 1 is 1.21 bits per heavy atom. The Morgan fingerprint density at radius 2 is 1.88 bits per heavy atom. The first-order valence-corrected chi connectivity index (χ1v) is 6.94. The number of carboxylic acids is 1. The molecular weight excluding hydrogens is 340 g/mol. The third-order valence-corrected chi connectivity index (χ3v) is 3.20. The largest absolute Gasteiger partial charge is 0.482 e. The van der Waals surface area contributed by atoms with Crippen LogP contribution in [0.25, 0.3) is 0 Å². The molecule has 24 heavy (non-hydrogen) atoms. The maximum Gasteiger partial charge on any atom is 0.341 e. The fourth-order valence-electron chi connectivity index (χ4n) is 1.78. The van der Waals surface area contributed by atoms with Crippen LogP contribution in [0.4, 0.5) is 11.4 Å². The van der Waals surface area contributed by atoms with Gasteiger partial charge in [-0.05, 0) is 30.3 Å². The van der Waals surface area contributed by atoms with Gasteiger partial charge < -0.3 is 15.2 Å². The molecule has 0 spiro atoms. The summed E-state index contributed by atoms with van der Waals surface area (Å²) in [5, 5.41) is 21.7. The predicted octanol–water partition coefficient (Wildman–Crippen LogP) is 2.96. The molecule has 0 bridgehead atoms. The van der Waals surface area contributed by atoms with Gasteiger partial charge in [0, 0.05) is 17.8 Å². The zero-order valence-corrected chi connectivity index (χ0v) is 12.8. The lowest BCUT2D eigenvalue weighted by Crippen LogP contribution is -2.13. The summed E-state index contributed by atoms with van der Waals surface area (Å²) >= 11 is 5.89. The van der Waals surface area contributed by atoms with E-state index in [4.69, 9.17) is 21.4 Å². The van der Waals surface area contributed by atoms with E-state index >= 15 is 0 Å². The fraction of sp³-hybridized carbons (Fsp3) is 0.0667. The van der Waals surface area contributed by atoms with Crippen molar-refractivity contribution in [2.75, 3.05) is 11.9 Å². The second-order valence-electron chi connectivity index (χ2n) is 4.58. The molecule has 2 aromatic carbocycles. The first-order valence-electron chi connectivity index (χ1n) is 6.57. The second-order valence-corrected chi connectivity index (χ2v) is 4.99. The Labute approximate surface area is 140 Å². The number of non-ortho nitro benzene ring substituents is 1. The highest BCUT2D eigenvalue weighted by molar-refractivity contribution is 6.34. The quantitative estimate of drug-likeness (QED) is 0.610. The van der Waals surface area contributed by atoms with E-state index in [0.717, 1.165) is 6.07 Å². The number of amides is 1. The molecule has 0 saturated carbocycles. The fourth-order valence-corrected chi connectivity index (χ4v) is 2.04. The Morgan fingerprint density at radius 3 is 2.42 bits per heavy atom. The third-order valence-electron chi connectivity index (χ3n) is 2.88. The zero-order valence-electron chi connectivity index (χ0n) is 12.1. The van der Waals surface area contributed by atoms with Crippen LogP contribution in [0.2, 0.25) is 5.02 Å². The molecule has 9 heteroatoms. The van der Waals surface area contributed by atoms with Crippen LogP contribution in [0, 0.1) is 10.1 Å². The van der Waals surface area contributed by atoms with E-state index in [0.29, 0.717) is 11.4 Å². The Hall–Kier alpha value is -3.13. The van der Waals surface area contributed by atoms with Crippen molar-refractivity contribution < 1.29 is 24.4 Å². The van der Waals surface area contributed by atoms with Gasteiger partial charge in [0.25, 0.3) is 11.6 Å². The molecule has 2 N–H and O–H groups in total. The van der Waals surface area contributed by atoms with Crippen molar-refractivity contribution in [3.05, 3.63) is 63.2 Å². The summed E-state index contributed by atoms with van der Waals surface area (Å²) in [5.41, 5.74) is 0.307. The van der Waals surface area contributed by atoms with E-state index in [2.05, 4.69) is 5.32 Å². The minimum absolute atomic E-state index is 0.0388. The molecule has 0 aliphatic heterocycles. The van der Waals surface area contributed by atoms with Gasteiger partial charge in [-0.2, -0.15) is 0 Å². The third kappa shape index (κ3) is 4.43. The topological polar surface area (TPSA) is 119 Å². The number of benzene rings is 2. The number of nitro groups is 1. The minimum atomic E-state index is -1.10. The zero-order chi connectivity index (χ0) is 17.7. The van der Waals surface area contributed by atoms with Crippen LogP contribution in [-0.2, 0) is 4.79 Å². The number of anilines is 1. The van der Waals surface area contributed by atoms with Crippen molar-refractivity contribution in [2.24, 2.45) is 0 Å². The summed E-state index contributed by atoms with van der Waals surface area (Å²) in [6, 6.07) is 9.58. The summed E-state index contributed by atoms with van der Waals surface area (Å²) in [5.74, 6) is -1.29. The molecule has 1 amide bonds. The number of carbonyl (C=O) groups excluding carboxylic acids is 1. The summed E-state index contributed by atoms with van der Waals surface area (Å²) in [7, 11) is 0. The highest BCUT2D eigenvalue weighted by Crippen LogP contribution is 2.24. The van der Waals surface area contributed by atoms with Crippen LogP contribution >= 0.6 is 11.6 Å². The SMILES string of the molecule is O=C(O)COc1ccc(NC(=O)c2ccc([N+](=O)[O-])cc2Cl)cc1. The summed E-state index contributed by atoms with van der Waals surface area (Å²) in [6.07, 6.45) is 0. The van der Waals surface area contributed by atoms with Crippen LogP contribution in [0.5, 0.6) is 5.75 Å². The van der Waals surface area contributed by atoms with Gasteiger partial charge in [0.1, 0.15) is 5.75 Å². The van der Waals surface area contributed by atoms with Crippen molar-refractivity contribution in [3.63, 3.8) is 0 Å². The molecule has 0 aromatic heterocycles. The summed E-state index contributed by atoms with van der Waals surface area (Å²) < 4.78 is 4.97. The molecule has 0 saturated heterocycles. The average Bonchev–Trinajstić information content (AvgIpc) is 2.53. The minimum Gasteiger partial charge on any atom is -0.482 e. The molecule has 0 aliphatic carbocycles. The van der Waals surface area contributed by atoms with E-state index in [1.165, 1.54) is 36.4 Å². The van der Waals surface area contributed by atoms with Crippen LogP contribution < -0.4 is 10.1 Å². The van der Waals surface area contributed by atoms with Crippen molar-refractivity contribution in [2.45, 2.75) is 0 Å². The number of rotatable bonds is 6. The number of hydrogen-bond acceptors (Lipinski definition) is 5. The molecule has 2 aromatic rings. The number of hydrogen-bond donors (Lipinski definition) is 2. The Balaban J connectivity index is 2.06. The lowest BCUT2D eigenvalue weighted by molar-refractivity contribution is -0.384. The van der Waals surface area contributed by atoms with Crippen molar-refractivity contribution >= 4 is 34.9 Å². The standard InChI is InChI=1S/C15H11ClN2O6/c16-13-7-10(18(22)23)3-6-12(13)15(21)17-9-1-4-11(5-2-9)24-8-14(19)20/h1-7H,8H2,(H,17,21)(H,19,20). The van der Waals surface area contributed by atoms with Gasteiger partial charge in [0.15, 0.2) is 6.61 Å². The first kappa shape index (κ1) is 17.2. The first-order chi connectivity index (χ1) is 11.4. The Bertz CT molecular complexity index is 791. The monoisotopic (exact) mass is 350 g/mol. The Kier molecular flexibility index (Phi) is 5.33.